The number of carbonyl (C=O) groups is 1. The lowest BCUT2D eigenvalue weighted by Crippen LogP contribution is -2.47. The van der Waals surface area contributed by atoms with E-state index in [2.05, 4.69) is 24.5 Å². The van der Waals surface area contributed by atoms with Gasteiger partial charge in [-0.25, -0.2) is 4.39 Å². The molecule has 2 aliphatic carbocycles. The predicted molar refractivity (Wildman–Crippen MR) is 133 cm³/mol. The van der Waals surface area contributed by atoms with Crippen LogP contribution in [0.25, 0.3) is 0 Å². The molecule has 0 aromatic carbocycles. The molecular weight excluding hydrogens is 453 g/mol. The largest absolute Gasteiger partial charge is 0.356 e. The SMILES string of the molecule is CC1CC(CNC(=O)C2CC(Cn3ccn(C)c3=N)CC(C3CNC(F)CC3C)C2)CCC1Cl. The Hall–Kier alpha value is -1.34. The van der Waals surface area contributed by atoms with Crippen molar-refractivity contribution in [3.8, 4) is 0 Å². The molecule has 0 radical (unpaired) electrons. The summed E-state index contributed by atoms with van der Waals surface area (Å²) in [6.45, 7) is 6.57. The number of nitrogens with one attached hydrogen (secondary N) is 3. The molecule has 4 rings (SSSR count). The number of alkyl halides is 2. The highest BCUT2D eigenvalue weighted by Crippen LogP contribution is 2.42. The van der Waals surface area contributed by atoms with E-state index in [1.807, 2.05) is 28.6 Å². The fourth-order valence-corrected chi connectivity index (χ4v) is 7.10. The van der Waals surface area contributed by atoms with E-state index in [4.69, 9.17) is 17.0 Å². The van der Waals surface area contributed by atoms with Crippen molar-refractivity contribution in [2.24, 2.45) is 48.5 Å². The van der Waals surface area contributed by atoms with Crippen LogP contribution in [0.4, 0.5) is 4.39 Å². The zero-order valence-electron chi connectivity index (χ0n) is 21.0. The summed E-state index contributed by atoms with van der Waals surface area (Å²) in [6.07, 6.45) is 9.49. The third kappa shape index (κ3) is 6.07. The summed E-state index contributed by atoms with van der Waals surface area (Å²) in [5.74, 6) is 2.62. The molecule has 1 aliphatic heterocycles. The number of aryl methyl sites for hydroxylation is 1. The summed E-state index contributed by atoms with van der Waals surface area (Å²) >= 11 is 6.39. The van der Waals surface area contributed by atoms with Crippen molar-refractivity contribution in [3.63, 3.8) is 0 Å². The van der Waals surface area contributed by atoms with Crippen molar-refractivity contribution >= 4 is 17.5 Å². The molecule has 192 valence electrons. The van der Waals surface area contributed by atoms with Crippen LogP contribution in [0, 0.1) is 46.8 Å². The van der Waals surface area contributed by atoms with Crippen LogP contribution in [0.3, 0.4) is 0 Å². The second kappa shape index (κ2) is 11.2. The zero-order chi connectivity index (χ0) is 24.4. The van der Waals surface area contributed by atoms with Crippen LogP contribution in [0.15, 0.2) is 12.4 Å². The van der Waals surface area contributed by atoms with Gasteiger partial charge in [-0.2, -0.15) is 0 Å². The molecule has 3 fully saturated rings. The van der Waals surface area contributed by atoms with Crippen LogP contribution in [0.1, 0.15) is 58.8 Å². The highest BCUT2D eigenvalue weighted by Gasteiger charge is 2.40. The molecule has 0 spiro atoms. The number of nitrogens with zero attached hydrogens (tertiary/aromatic N) is 2. The second-order valence-corrected chi connectivity index (χ2v) is 12.1. The summed E-state index contributed by atoms with van der Waals surface area (Å²) in [5.41, 5.74) is 0.486. The van der Waals surface area contributed by atoms with Gasteiger partial charge in [0.1, 0.15) is 0 Å². The maximum Gasteiger partial charge on any atom is 0.223 e. The molecule has 1 aromatic rings. The number of carbonyl (C=O) groups excluding carboxylic acids is 1. The number of piperidine rings is 1. The van der Waals surface area contributed by atoms with Crippen LogP contribution in [0.5, 0.6) is 0 Å². The summed E-state index contributed by atoms with van der Waals surface area (Å²) in [6, 6.07) is 0. The van der Waals surface area contributed by atoms with E-state index in [0.717, 1.165) is 51.6 Å². The summed E-state index contributed by atoms with van der Waals surface area (Å²) in [5, 5.41) is 14.9. The maximum atomic E-state index is 13.9. The number of imidazole rings is 1. The van der Waals surface area contributed by atoms with Crippen molar-refractivity contribution in [1.29, 1.82) is 5.41 Å². The quantitative estimate of drug-likeness (QED) is 0.411. The fraction of sp³-hybridized carbons (Fsp3) is 0.846. The molecule has 3 aliphatic rings. The number of amides is 1. The van der Waals surface area contributed by atoms with Crippen molar-refractivity contribution in [2.45, 2.75) is 77.0 Å². The first-order valence-corrected chi connectivity index (χ1v) is 13.7. The van der Waals surface area contributed by atoms with Crippen molar-refractivity contribution < 1.29 is 9.18 Å². The topological polar surface area (TPSA) is 74.8 Å². The molecule has 1 saturated heterocycles. The fourth-order valence-electron chi connectivity index (χ4n) is 6.87. The lowest BCUT2D eigenvalue weighted by Gasteiger charge is -2.43. The van der Waals surface area contributed by atoms with Gasteiger partial charge in [-0.1, -0.05) is 13.8 Å². The van der Waals surface area contributed by atoms with Gasteiger partial charge in [0.25, 0.3) is 0 Å². The van der Waals surface area contributed by atoms with Gasteiger partial charge in [-0.15, -0.1) is 11.6 Å². The average Bonchev–Trinajstić information content (AvgIpc) is 3.11. The lowest BCUT2D eigenvalue weighted by molar-refractivity contribution is -0.128. The highest BCUT2D eigenvalue weighted by molar-refractivity contribution is 6.20. The lowest BCUT2D eigenvalue weighted by atomic mass is 9.66. The van der Waals surface area contributed by atoms with Gasteiger partial charge in [-0.3, -0.25) is 15.5 Å². The molecule has 2 saturated carbocycles. The monoisotopic (exact) mass is 495 g/mol. The van der Waals surface area contributed by atoms with Gasteiger partial charge in [0.2, 0.25) is 11.5 Å². The van der Waals surface area contributed by atoms with Crippen LogP contribution in [-0.4, -0.2) is 39.8 Å². The van der Waals surface area contributed by atoms with Crippen molar-refractivity contribution in [1.82, 2.24) is 19.8 Å². The second-order valence-electron chi connectivity index (χ2n) is 11.6. The van der Waals surface area contributed by atoms with Crippen molar-refractivity contribution in [2.75, 3.05) is 13.1 Å². The van der Waals surface area contributed by atoms with Crippen LogP contribution >= 0.6 is 11.6 Å². The minimum Gasteiger partial charge on any atom is -0.356 e. The third-order valence-corrected chi connectivity index (χ3v) is 9.62. The number of hydrogen-bond acceptors (Lipinski definition) is 3. The first kappa shape index (κ1) is 25.7. The molecule has 1 amide bonds. The average molecular weight is 496 g/mol. The maximum absolute atomic E-state index is 13.9. The summed E-state index contributed by atoms with van der Waals surface area (Å²) < 4.78 is 17.7. The number of aromatic nitrogens is 2. The van der Waals surface area contributed by atoms with E-state index in [1.54, 1.807) is 0 Å². The van der Waals surface area contributed by atoms with Gasteiger partial charge >= 0.3 is 0 Å². The van der Waals surface area contributed by atoms with Crippen LogP contribution in [0.2, 0.25) is 0 Å². The summed E-state index contributed by atoms with van der Waals surface area (Å²) in [4.78, 5) is 13.4. The van der Waals surface area contributed by atoms with Gasteiger partial charge < -0.3 is 14.5 Å². The Morgan fingerprint density at radius 2 is 1.94 bits per heavy atom. The molecule has 1 aromatic heterocycles. The van der Waals surface area contributed by atoms with E-state index in [9.17, 15) is 9.18 Å². The molecule has 0 bridgehead atoms. The normalized spacial score (nSPS) is 39.0. The molecule has 3 N–H and O–H groups in total. The molecule has 2 heterocycles. The van der Waals surface area contributed by atoms with Crippen molar-refractivity contribution in [3.05, 3.63) is 18.0 Å². The van der Waals surface area contributed by atoms with E-state index in [-0.39, 0.29) is 17.2 Å². The first-order chi connectivity index (χ1) is 16.2. The van der Waals surface area contributed by atoms with E-state index >= 15 is 0 Å². The number of halogens is 2. The van der Waals surface area contributed by atoms with Gasteiger partial charge in [0.15, 0.2) is 6.30 Å². The van der Waals surface area contributed by atoms with Crippen LogP contribution in [-0.2, 0) is 18.4 Å². The Labute approximate surface area is 208 Å². The zero-order valence-corrected chi connectivity index (χ0v) is 21.7. The predicted octanol–water partition coefficient (Wildman–Crippen LogP) is 4.04. The minimum absolute atomic E-state index is 0.0145. The first-order valence-electron chi connectivity index (χ1n) is 13.3. The van der Waals surface area contributed by atoms with E-state index < -0.39 is 6.30 Å². The molecule has 8 heteroatoms. The van der Waals surface area contributed by atoms with E-state index in [1.165, 1.54) is 0 Å². The van der Waals surface area contributed by atoms with Gasteiger partial charge in [0, 0.05) is 50.4 Å². The molecular formula is C26H43ClFN5O. The number of rotatable bonds is 6. The summed E-state index contributed by atoms with van der Waals surface area (Å²) in [7, 11) is 1.89. The Morgan fingerprint density at radius 1 is 1.15 bits per heavy atom. The molecule has 34 heavy (non-hydrogen) atoms. The standard InChI is InChI=1S/C26H43ClFN5O/c1-16-9-24(28)30-14-22(16)20-10-19(15-33-7-6-32(3)26(33)29)11-21(12-20)25(34)31-13-18-4-5-23(27)17(2)8-18/h6-7,16-24,29-30H,4-5,8-15H2,1-3H3,(H,31,34). The smallest absolute Gasteiger partial charge is 0.223 e. The van der Waals surface area contributed by atoms with Gasteiger partial charge in [0.05, 0.1) is 0 Å². The Kier molecular flexibility index (Phi) is 8.44. The van der Waals surface area contributed by atoms with Gasteiger partial charge in [-0.05, 0) is 80.5 Å². The molecule has 6 nitrogen and oxygen atoms in total. The third-order valence-electron chi connectivity index (χ3n) is 8.97. The van der Waals surface area contributed by atoms with E-state index in [0.29, 0.717) is 54.1 Å². The Balaban J connectivity index is 1.42. The Morgan fingerprint density at radius 3 is 2.62 bits per heavy atom. The van der Waals surface area contributed by atoms with Crippen LogP contribution < -0.4 is 16.3 Å². The highest BCUT2D eigenvalue weighted by atomic mass is 35.5. The molecule has 9 atom stereocenters. The Bertz CT molecular complexity index is 887. The molecule has 9 unspecified atom stereocenters. The minimum atomic E-state index is -0.916. The number of hydrogen-bond donors (Lipinski definition) is 3.